The molecule has 19 heavy (non-hydrogen) atoms. The number of hydrogen-bond acceptors (Lipinski definition) is 0. The number of halogens is 3. The Balaban J connectivity index is 0.000000191. The molecule has 0 spiro atoms. The first-order chi connectivity index (χ1) is 8.81. The standard InChI is InChI=1S/C8H14F2.C8H15F/c1-5-3-7(9)6(2)8(10)4-5;1-6-3-4-7(2)8(9)5-6/h5-8H,3-4H2,1-2H3;6-8H,3-5H2,1-2H3. The summed E-state index contributed by atoms with van der Waals surface area (Å²) in [5.74, 6) is 0.787. The SMILES string of the molecule is CC1CC(F)C(C)C(F)C1.CC1CCC(C)C(F)C1. The average Bonchev–Trinajstić information content (AvgIpc) is 2.32. The van der Waals surface area contributed by atoms with E-state index in [1.165, 1.54) is 6.42 Å². The van der Waals surface area contributed by atoms with Gasteiger partial charge in [-0.25, -0.2) is 13.2 Å². The molecule has 0 heterocycles. The molecule has 0 aromatic carbocycles. The molecule has 0 bridgehead atoms. The lowest BCUT2D eigenvalue weighted by Gasteiger charge is -2.30. The molecule has 2 aliphatic rings. The molecule has 5 atom stereocenters. The van der Waals surface area contributed by atoms with Crippen LogP contribution in [0, 0.1) is 23.7 Å². The van der Waals surface area contributed by atoms with E-state index in [4.69, 9.17) is 0 Å². The van der Waals surface area contributed by atoms with Crippen molar-refractivity contribution in [3.63, 3.8) is 0 Å². The third-order valence-electron chi connectivity index (χ3n) is 4.76. The molecule has 0 aromatic rings. The van der Waals surface area contributed by atoms with E-state index >= 15 is 0 Å². The zero-order valence-corrected chi connectivity index (χ0v) is 12.7. The summed E-state index contributed by atoms with van der Waals surface area (Å²) in [6.07, 6.45) is 1.83. The van der Waals surface area contributed by atoms with E-state index < -0.39 is 18.5 Å². The van der Waals surface area contributed by atoms with Crippen LogP contribution in [-0.2, 0) is 0 Å². The highest BCUT2D eigenvalue weighted by molar-refractivity contribution is 4.82. The van der Waals surface area contributed by atoms with Gasteiger partial charge in [-0.1, -0.05) is 34.1 Å². The Kier molecular flexibility index (Phi) is 6.68. The second-order valence-electron chi connectivity index (χ2n) is 6.88. The Morgan fingerprint density at radius 3 is 1.53 bits per heavy atom. The Morgan fingerprint density at radius 2 is 1.11 bits per heavy atom. The lowest BCUT2D eigenvalue weighted by molar-refractivity contribution is 0.0603. The molecule has 0 saturated heterocycles. The van der Waals surface area contributed by atoms with Gasteiger partial charge in [0.15, 0.2) is 0 Å². The number of alkyl halides is 3. The van der Waals surface area contributed by atoms with Gasteiger partial charge in [0.2, 0.25) is 0 Å². The second kappa shape index (κ2) is 7.54. The van der Waals surface area contributed by atoms with Crippen LogP contribution < -0.4 is 0 Å². The summed E-state index contributed by atoms with van der Waals surface area (Å²) >= 11 is 0. The summed E-state index contributed by atoms with van der Waals surface area (Å²) in [5, 5.41) is 0. The molecule has 114 valence electrons. The van der Waals surface area contributed by atoms with Crippen LogP contribution >= 0.6 is 0 Å². The monoisotopic (exact) mass is 278 g/mol. The van der Waals surface area contributed by atoms with E-state index in [-0.39, 0.29) is 11.8 Å². The van der Waals surface area contributed by atoms with E-state index in [0.29, 0.717) is 24.7 Å². The average molecular weight is 278 g/mol. The lowest BCUT2D eigenvalue weighted by Crippen LogP contribution is -2.32. The van der Waals surface area contributed by atoms with Crippen LogP contribution in [0.15, 0.2) is 0 Å². The molecular formula is C16H29F3. The second-order valence-corrected chi connectivity index (χ2v) is 6.88. The maximum Gasteiger partial charge on any atom is 0.106 e. The molecule has 3 heteroatoms. The van der Waals surface area contributed by atoms with E-state index in [0.717, 1.165) is 12.8 Å². The van der Waals surface area contributed by atoms with E-state index in [9.17, 15) is 13.2 Å². The number of rotatable bonds is 0. The largest absolute Gasteiger partial charge is 0.247 e. The van der Waals surface area contributed by atoms with E-state index in [2.05, 4.69) is 6.92 Å². The minimum absolute atomic E-state index is 0.223. The predicted octanol–water partition coefficient (Wildman–Crippen LogP) is 5.51. The fourth-order valence-corrected chi connectivity index (χ4v) is 2.98. The van der Waals surface area contributed by atoms with Gasteiger partial charge in [0.05, 0.1) is 0 Å². The van der Waals surface area contributed by atoms with Gasteiger partial charge in [-0.2, -0.15) is 0 Å². The molecule has 0 N–H and O–H groups in total. The fraction of sp³-hybridized carbons (Fsp3) is 1.00. The fourth-order valence-electron chi connectivity index (χ4n) is 2.98. The van der Waals surface area contributed by atoms with Crippen molar-refractivity contribution in [2.75, 3.05) is 0 Å². The van der Waals surface area contributed by atoms with Gasteiger partial charge >= 0.3 is 0 Å². The van der Waals surface area contributed by atoms with Crippen LogP contribution in [0.5, 0.6) is 0 Å². The summed E-state index contributed by atoms with van der Waals surface area (Å²) < 4.78 is 38.5. The molecule has 2 saturated carbocycles. The van der Waals surface area contributed by atoms with E-state index in [1.807, 2.05) is 13.8 Å². The first-order valence-corrected chi connectivity index (χ1v) is 7.73. The van der Waals surface area contributed by atoms with Crippen LogP contribution in [0.25, 0.3) is 0 Å². The molecule has 2 aliphatic carbocycles. The van der Waals surface area contributed by atoms with Crippen molar-refractivity contribution < 1.29 is 13.2 Å². The maximum absolute atomic E-state index is 12.8. The third kappa shape index (κ3) is 5.35. The van der Waals surface area contributed by atoms with Crippen LogP contribution in [0.2, 0.25) is 0 Å². The summed E-state index contributed by atoms with van der Waals surface area (Å²) in [7, 11) is 0. The van der Waals surface area contributed by atoms with Crippen LogP contribution in [0.1, 0.15) is 59.8 Å². The highest BCUT2D eigenvalue weighted by Crippen LogP contribution is 2.32. The van der Waals surface area contributed by atoms with Crippen LogP contribution in [0.3, 0.4) is 0 Å². The molecule has 2 fully saturated rings. The molecular weight excluding hydrogens is 249 g/mol. The van der Waals surface area contributed by atoms with Gasteiger partial charge in [-0.3, -0.25) is 0 Å². The van der Waals surface area contributed by atoms with Crippen molar-refractivity contribution in [1.29, 1.82) is 0 Å². The minimum Gasteiger partial charge on any atom is -0.247 e. The molecule has 0 radical (unpaired) electrons. The Hall–Kier alpha value is -0.210. The summed E-state index contributed by atoms with van der Waals surface area (Å²) in [4.78, 5) is 0. The first kappa shape index (κ1) is 16.8. The maximum atomic E-state index is 12.8. The summed E-state index contributed by atoms with van der Waals surface area (Å²) in [6, 6.07) is 0. The molecule has 0 amide bonds. The van der Waals surface area contributed by atoms with Crippen molar-refractivity contribution in [1.82, 2.24) is 0 Å². The normalized spacial score (nSPS) is 47.2. The first-order valence-electron chi connectivity index (χ1n) is 7.73. The predicted molar refractivity (Wildman–Crippen MR) is 74.4 cm³/mol. The van der Waals surface area contributed by atoms with Crippen molar-refractivity contribution >= 4 is 0 Å². The zero-order valence-electron chi connectivity index (χ0n) is 12.7. The molecule has 0 aromatic heterocycles. The Labute approximate surface area is 116 Å². The van der Waals surface area contributed by atoms with Crippen molar-refractivity contribution in [3.05, 3.63) is 0 Å². The van der Waals surface area contributed by atoms with Crippen molar-refractivity contribution in [3.8, 4) is 0 Å². The van der Waals surface area contributed by atoms with Gasteiger partial charge in [-0.15, -0.1) is 0 Å². The van der Waals surface area contributed by atoms with Gasteiger partial charge in [0.1, 0.15) is 18.5 Å². The van der Waals surface area contributed by atoms with Gasteiger partial charge in [0, 0.05) is 5.92 Å². The van der Waals surface area contributed by atoms with Gasteiger partial charge in [-0.05, 0) is 43.4 Å². The molecule has 0 nitrogen and oxygen atoms in total. The van der Waals surface area contributed by atoms with Gasteiger partial charge < -0.3 is 0 Å². The highest BCUT2D eigenvalue weighted by atomic mass is 19.1. The Bertz CT molecular complexity index is 244. The summed E-state index contributed by atoms with van der Waals surface area (Å²) in [5.41, 5.74) is 0. The smallest absolute Gasteiger partial charge is 0.106 e. The van der Waals surface area contributed by atoms with Crippen molar-refractivity contribution in [2.24, 2.45) is 23.7 Å². The number of hydrogen-bond donors (Lipinski definition) is 0. The molecule has 0 aliphatic heterocycles. The van der Waals surface area contributed by atoms with Crippen LogP contribution in [-0.4, -0.2) is 18.5 Å². The van der Waals surface area contributed by atoms with Crippen LogP contribution in [0.4, 0.5) is 13.2 Å². The third-order valence-corrected chi connectivity index (χ3v) is 4.76. The molecule has 5 unspecified atom stereocenters. The van der Waals surface area contributed by atoms with Gasteiger partial charge in [0.25, 0.3) is 0 Å². The van der Waals surface area contributed by atoms with Crippen molar-refractivity contribution in [2.45, 2.75) is 78.3 Å². The summed E-state index contributed by atoms with van der Waals surface area (Å²) in [6.45, 7) is 7.71. The zero-order chi connectivity index (χ0) is 14.6. The minimum atomic E-state index is -0.918. The van der Waals surface area contributed by atoms with E-state index in [1.54, 1.807) is 6.92 Å². The lowest BCUT2D eigenvalue weighted by atomic mass is 9.81. The molecule has 2 rings (SSSR count). The quantitative estimate of drug-likeness (QED) is 0.548. The highest BCUT2D eigenvalue weighted by Gasteiger charge is 2.33. The topological polar surface area (TPSA) is 0 Å². The Morgan fingerprint density at radius 1 is 0.632 bits per heavy atom.